The van der Waals surface area contributed by atoms with Crippen LogP contribution in [-0.2, 0) is 23.9 Å². The van der Waals surface area contributed by atoms with E-state index in [9.17, 15) is 19.5 Å². The number of nitrogens with zero attached hydrogens (tertiary/aromatic N) is 2. The molecule has 3 heterocycles. The molecule has 6 atom stereocenters. The molecular weight excluding hydrogens is 600 g/mol. The highest BCUT2D eigenvalue weighted by Crippen LogP contribution is 2.60. The minimum atomic E-state index is -1.14. The van der Waals surface area contributed by atoms with E-state index in [0.717, 1.165) is 42.5 Å². The third-order valence-electron chi connectivity index (χ3n) is 8.94. The predicted molar refractivity (Wildman–Crippen MR) is 166 cm³/mol. The summed E-state index contributed by atoms with van der Waals surface area (Å²) in [5.41, 5.74) is 1.57. The molecule has 9 heteroatoms. The van der Waals surface area contributed by atoms with E-state index >= 15 is 0 Å². The van der Waals surface area contributed by atoms with Crippen LogP contribution in [0.15, 0.2) is 43.5 Å². The Labute approximate surface area is 258 Å². The van der Waals surface area contributed by atoms with Crippen LogP contribution < -0.4 is 4.90 Å². The molecule has 1 spiro atoms. The van der Waals surface area contributed by atoms with Gasteiger partial charge >= 0.3 is 5.97 Å². The number of amides is 2. The summed E-state index contributed by atoms with van der Waals surface area (Å²) >= 11 is 3.73. The van der Waals surface area contributed by atoms with Gasteiger partial charge in [-0.15, -0.1) is 13.2 Å². The fourth-order valence-electron chi connectivity index (χ4n) is 7.13. The molecule has 3 aliphatic rings. The summed E-state index contributed by atoms with van der Waals surface area (Å²) in [6.45, 7) is 12.6. The highest BCUT2D eigenvalue weighted by Gasteiger charge is 2.77. The third-order valence-corrected chi connectivity index (χ3v) is 9.78. The molecule has 1 N–H and O–H groups in total. The molecule has 3 unspecified atom stereocenters. The fourth-order valence-corrected chi connectivity index (χ4v) is 8.07. The average molecular weight is 646 g/mol. The number of alkyl halides is 1. The zero-order valence-corrected chi connectivity index (χ0v) is 26.5. The lowest BCUT2D eigenvalue weighted by Crippen LogP contribution is -2.57. The summed E-state index contributed by atoms with van der Waals surface area (Å²) in [6.07, 6.45) is 8.89. The average Bonchev–Trinajstić information content (AvgIpc) is 3.55. The van der Waals surface area contributed by atoms with Crippen LogP contribution in [0.25, 0.3) is 0 Å². The van der Waals surface area contributed by atoms with Gasteiger partial charge in [-0.2, -0.15) is 0 Å². The fraction of sp³-hybridized carbons (Fsp3) is 0.606. The van der Waals surface area contributed by atoms with Gasteiger partial charge in [0.15, 0.2) is 0 Å². The van der Waals surface area contributed by atoms with Gasteiger partial charge in [0.1, 0.15) is 11.6 Å². The van der Waals surface area contributed by atoms with Gasteiger partial charge in [-0.1, -0.05) is 59.1 Å². The number of rotatable bonds is 16. The second-order valence-electron chi connectivity index (χ2n) is 11.8. The number of aliphatic hydroxyl groups is 1. The van der Waals surface area contributed by atoms with Gasteiger partial charge in [0, 0.05) is 30.2 Å². The van der Waals surface area contributed by atoms with Crippen LogP contribution in [0, 0.1) is 25.7 Å². The molecule has 230 valence electrons. The molecular formula is C33H45BrN2O6. The lowest BCUT2D eigenvalue weighted by molar-refractivity contribution is -0.155. The number of halogens is 1. The van der Waals surface area contributed by atoms with Crippen LogP contribution in [0.4, 0.5) is 5.69 Å². The zero-order valence-electron chi connectivity index (χ0n) is 24.9. The summed E-state index contributed by atoms with van der Waals surface area (Å²) in [5, 5.41) is 9.20. The molecule has 42 heavy (non-hydrogen) atoms. The summed E-state index contributed by atoms with van der Waals surface area (Å²) in [5.74, 6) is -2.44. The number of ether oxygens (including phenoxy) is 2. The first kappa shape index (κ1) is 32.4. The predicted octanol–water partition coefficient (Wildman–Crippen LogP) is 5.02. The molecule has 0 aliphatic carbocycles. The van der Waals surface area contributed by atoms with Crippen LogP contribution in [0.5, 0.6) is 0 Å². The highest BCUT2D eigenvalue weighted by molar-refractivity contribution is 9.09. The normalized spacial score (nSPS) is 27.7. The Kier molecular flexibility index (Phi) is 11.1. The first-order valence-corrected chi connectivity index (χ1v) is 16.1. The minimum absolute atomic E-state index is 0.125. The second-order valence-corrected chi connectivity index (χ2v) is 12.9. The number of carbonyl (C=O) groups is 3. The number of fused-ring (bicyclic) bond motifs is 1. The Bertz CT molecular complexity index is 1150. The van der Waals surface area contributed by atoms with Gasteiger partial charge in [-0.3, -0.25) is 14.4 Å². The van der Waals surface area contributed by atoms with E-state index in [1.807, 2.05) is 38.1 Å². The van der Waals surface area contributed by atoms with E-state index in [1.54, 1.807) is 15.9 Å². The van der Waals surface area contributed by atoms with Gasteiger partial charge in [0.05, 0.1) is 24.5 Å². The standard InChI is InChI=1S/C33H45BrN2O6/c1-5-7-8-13-20-41-32(40)25-26-30(38)36(18-11-9-10-12-19-37)29(33(26)21-24(34)28(25)42-33)31(39)35(17-6-2)27-22(3)15-14-16-23(27)4/h5-6,14-16,24-26,28-29,37H,1-2,7-13,17-21H2,3-4H3/t24?,25-,26-,28-,29?,33?/m0/s1. The number of aryl methyl sites for hydroxylation is 2. The van der Waals surface area contributed by atoms with Crippen molar-refractivity contribution in [3.63, 3.8) is 0 Å². The number of para-hydroxylation sites is 1. The maximum atomic E-state index is 14.7. The molecule has 3 aliphatic heterocycles. The van der Waals surface area contributed by atoms with Crippen LogP contribution in [0.3, 0.4) is 0 Å². The lowest BCUT2D eigenvalue weighted by atomic mass is 9.70. The number of allylic oxidation sites excluding steroid dienone is 1. The maximum Gasteiger partial charge on any atom is 0.312 e. The van der Waals surface area contributed by atoms with Gasteiger partial charge < -0.3 is 24.4 Å². The van der Waals surface area contributed by atoms with Crippen molar-refractivity contribution in [2.45, 2.75) is 87.8 Å². The highest BCUT2D eigenvalue weighted by atomic mass is 79.9. The maximum absolute atomic E-state index is 14.7. The third kappa shape index (κ3) is 6.10. The number of anilines is 1. The molecule has 0 radical (unpaired) electrons. The van der Waals surface area contributed by atoms with E-state index in [4.69, 9.17) is 9.47 Å². The number of unbranched alkanes of at least 4 members (excludes halogenated alkanes) is 5. The van der Waals surface area contributed by atoms with Crippen molar-refractivity contribution in [1.82, 2.24) is 4.90 Å². The van der Waals surface area contributed by atoms with Crippen LogP contribution in [-0.4, -0.2) is 76.7 Å². The zero-order chi connectivity index (χ0) is 30.4. The Hall–Kier alpha value is -2.49. The van der Waals surface area contributed by atoms with Crippen LogP contribution in [0.2, 0.25) is 0 Å². The Morgan fingerprint density at radius 1 is 1.14 bits per heavy atom. The smallest absolute Gasteiger partial charge is 0.312 e. The molecule has 3 fully saturated rings. The van der Waals surface area contributed by atoms with Crippen molar-refractivity contribution in [3.8, 4) is 0 Å². The SMILES string of the molecule is C=CCCCCOC(=O)[C@H]1[C@H]2C(=O)N(CCCCCCO)C(C(=O)N(CC=C)c3c(C)cccc3C)C23CC(Br)[C@@H]1O3. The monoisotopic (exact) mass is 644 g/mol. The van der Waals surface area contributed by atoms with Crippen LogP contribution >= 0.6 is 15.9 Å². The summed E-state index contributed by atoms with van der Waals surface area (Å²) in [7, 11) is 0. The van der Waals surface area contributed by atoms with Crippen molar-refractivity contribution in [2.75, 3.05) is 31.2 Å². The Balaban J connectivity index is 1.69. The number of hydrogen-bond acceptors (Lipinski definition) is 6. The molecule has 1 aromatic carbocycles. The summed E-state index contributed by atoms with van der Waals surface area (Å²) in [6, 6.07) is 5.02. The topological polar surface area (TPSA) is 96.4 Å². The molecule has 4 rings (SSSR count). The van der Waals surface area contributed by atoms with E-state index in [1.165, 1.54) is 0 Å². The molecule has 3 saturated heterocycles. The van der Waals surface area contributed by atoms with E-state index in [0.29, 0.717) is 32.2 Å². The van der Waals surface area contributed by atoms with Crippen LogP contribution in [0.1, 0.15) is 62.5 Å². The number of carbonyl (C=O) groups excluding carboxylic acids is 3. The quantitative estimate of drug-likeness (QED) is 0.117. The summed E-state index contributed by atoms with van der Waals surface area (Å²) < 4.78 is 12.3. The summed E-state index contributed by atoms with van der Waals surface area (Å²) in [4.78, 5) is 45.7. The van der Waals surface area contributed by atoms with E-state index < -0.39 is 35.6 Å². The number of aliphatic hydroxyl groups excluding tert-OH is 1. The van der Waals surface area contributed by atoms with Crippen molar-refractivity contribution >= 4 is 39.4 Å². The van der Waals surface area contributed by atoms with Crippen molar-refractivity contribution in [2.24, 2.45) is 11.8 Å². The van der Waals surface area contributed by atoms with Crippen molar-refractivity contribution < 1.29 is 29.0 Å². The first-order valence-electron chi connectivity index (χ1n) is 15.2. The molecule has 0 saturated carbocycles. The van der Waals surface area contributed by atoms with E-state index in [2.05, 4.69) is 29.1 Å². The second kappa shape index (κ2) is 14.3. The van der Waals surface area contributed by atoms with Gasteiger partial charge in [0.25, 0.3) is 5.91 Å². The van der Waals surface area contributed by atoms with E-state index in [-0.39, 0.29) is 36.4 Å². The first-order chi connectivity index (χ1) is 20.2. The van der Waals surface area contributed by atoms with Crippen molar-refractivity contribution in [3.05, 3.63) is 54.6 Å². The number of benzene rings is 1. The number of likely N-dealkylation sites (tertiary alicyclic amines) is 1. The van der Waals surface area contributed by atoms with Crippen molar-refractivity contribution in [1.29, 1.82) is 0 Å². The molecule has 1 aromatic rings. The molecule has 0 aromatic heterocycles. The number of esters is 1. The number of hydrogen-bond donors (Lipinski definition) is 1. The molecule has 8 nitrogen and oxygen atoms in total. The van der Waals surface area contributed by atoms with Gasteiger partial charge in [0.2, 0.25) is 5.91 Å². The molecule has 2 amide bonds. The Morgan fingerprint density at radius 2 is 1.86 bits per heavy atom. The largest absolute Gasteiger partial charge is 0.465 e. The minimum Gasteiger partial charge on any atom is -0.465 e. The lowest BCUT2D eigenvalue weighted by Gasteiger charge is -2.37. The molecule has 2 bridgehead atoms. The Morgan fingerprint density at radius 3 is 2.52 bits per heavy atom. The van der Waals surface area contributed by atoms with Gasteiger partial charge in [-0.05, 0) is 63.5 Å². The van der Waals surface area contributed by atoms with Gasteiger partial charge in [-0.25, -0.2) is 0 Å².